The van der Waals surface area contributed by atoms with Gasteiger partial charge < -0.3 is 4.74 Å². The molecule has 16 heavy (non-hydrogen) atoms. The van der Waals surface area contributed by atoms with E-state index in [4.69, 9.17) is 4.74 Å². The van der Waals surface area contributed by atoms with E-state index in [2.05, 4.69) is 31.4 Å². The third kappa shape index (κ3) is 4.97. The van der Waals surface area contributed by atoms with E-state index in [1.165, 1.54) is 11.1 Å². The highest BCUT2D eigenvalue weighted by atomic mass is 16.5. The smallest absolute Gasteiger partial charge is 0.0716 e. The molecule has 1 heteroatoms. The lowest BCUT2D eigenvalue weighted by atomic mass is 10.1. The second-order valence-electron chi connectivity index (χ2n) is 3.78. The van der Waals surface area contributed by atoms with Crippen LogP contribution in [0.2, 0.25) is 0 Å². The second kappa shape index (κ2) is 7.92. The summed E-state index contributed by atoms with van der Waals surface area (Å²) in [6, 6.07) is 10.3. The molecule has 0 saturated carbocycles. The Labute approximate surface area is 98.5 Å². The van der Waals surface area contributed by atoms with Crippen molar-refractivity contribution in [1.29, 1.82) is 0 Å². The molecule has 0 spiro atoms. The number of ether oxygens (including phenoxy) is 1. The Kier molecular flexibility index (Phi) is 6.32. The summed E-state index contributed by atoms with van der Waals surface area (Å²) in [5, 5.41) is 0. The number of allylic oxidation sites excluding steroid dienone is 1. The molecule has 0 fully saturated rings. The van der Waals surface area contributed by atoms with E-state index in [1.54, 1.807) is 0 Å². The van der Waals surface area contributed by atoms with Crippen LogP contribution in [-0.4, -0.2) is 6.61 Å². The minimum atomic E-state index is 0.708. The highest BCUT2D eigenvalue weighted by molar-refractivity contribution is 5.13. The summed E-state index contributed by atoms with van der Waals surface area (Å²) in [6.07, 6.45) is 3.15. The van der Waals surface area contributed by atoms with Crippen LogP contribution in [0.15, 0.2) is 48.2 Å². The topological polar surface area (TPSA) is 9.23 Å². The molecule has 0 radical (unpaired) electrons. The van der Waals surface area contributed by atoms with Gasteiger partial charge in [-0.25, -0.2) is 0 Å². The molecule has 86 valence electrons. The Morgan fingerprint density at radius 3 is 2.69 bits per heavy atom. The third-order valence-electron chi connectivity index (χ3n) is 2.56. The molecule has 1 aromatic carbocycles. The van der Waals surface area contributed by atoms with Gasteiger partial charge in [-0.2, -0.15) is 0 Å². The Hall–Kier alpha value is -1.30. The monoisotopic (exact) mass is 216 g/mol. The van der Waals surface area contributed by atoms with Crippen molar-refractivity contribution in [2.45, 2.75) is 32.8 Å². The van der Waals surface area contributed by atoms with E-state index < -0.39 is 0 Å². The largest absolute Gasteiger partial charge is 0.377 e. The van der Waals surface area contributed by atoms with Crippen LogP contribution in [0, 0.1) is 0 Å². The molecule has 0 aromatic heterocycles. The van der Waals surface area contributed by atoms with Crippen LogP contribution >= 0.6 is 0 Å². The maximum Gasteiger partial charge on any atom is 0.0716 e. The highest BCUT2D eigenvalue weighted by Crippen LogP contribution is 2.08. The second-order valence-corrected chi connectivity index (χ2v) is 3.78. The van der Waals surface area contributed by atoms with Gasteiger partial charge in [0.1, 0.15) is 0 Å². The summed E-state index contributed by atoms with van der Waals surface area (Å²) in [7, 11) is 0. The fraction of sp³-hybridized carbons (Fsp3) is 0.400. The number of hydrogen-bond donors (Lipinski definition) is 0. The number of benzene rings is 1. The molecule has 0 aliphatic carbocycles. The first kappa shape index (κ1) is 12.8. The van der Waals surface area contributed by atoms with Crippen LogP contribution in [0.25, 0.3) is 0 Å². The molecule has 0 amide bonds. The van der Waals surface area contributed by atoms with Crippen molar-refractivity contribution < 1.29 is 4.74 Å². The SMILES string of the molecule is C=C=C(CC)CCCOCc1ccccc1. The third-order valence-corrected chi connectivity index (χ3v) is 2.56. The minimum Gasteiger partial charge on any atom is -0.377 e. The van der Waals surface area contributed by atoms with Crippen LogP contribution in [-0.2, 0) is 11.3 Å². The highest BCUT2D eigenvalue weighted by Gasteiger charge is 1.95. The van der Waals surface area contributed by atoms with Gasteiger partial charge in [-0.1, -0.05) is 43.8 Å². The van der Waals surface area contributed by atoms with E-state index in [1.807, 2.05) is 18.2 Å². The van der Waals surface area contributed by atoms with Gasteiger partial charge >= 0.3 is 0 Å². The van der Waals surface area contributed by atoms with E-state index in [9.17, 15) is 0 Å². The quantitative estimate of drug-likeness (QED) is 0.492. The molecule has 0 N–H and O–H groups in total. The number of rotatable bonds is 7. The molecular weight excluding hydrogens is 196 g/mol. The van der Waals surface area contributed by atoms with Gasteiger partial charge in [-0.05, 0) is 30.4 Å². The van der Waals surface area contributed by atoms with Gasteiger partial charge in [0.25, 0.3) is 0 Å². The predicted octanol–water partition coefficient (Wildman–Crippen LogP) is 4.10. The fourth-order valence-electron chi connectivity index (χ4n) is 1.54. The van der Waals surface area contributed by atoms with Crippen molar-refractivity contribution in [1.82, 2.24) is 0 Å². The summed E-state index contributed by atoms with van der Waals surface area (Å²) >= 11 is 0. The standard InChI is InChI=1S/C15H20O/c1-3-14(4-2)11-8-12-16-13-15-9-6-5-7-10-15/h5-7,9-10H,1,4,8,11-13H2,2H3. The first-order valence-corrected chi connectivity index (χ1v) is 5.86. The van der Waals surface area contributed by atoms with Crippen LogP contribution in [0.4, 0.5) is 0 Å². The van der Waals surface area contributed by atoms with Crippen LogP contribution < -0.4 is 0 Å². The van der Waals surface area contributed by atoms with Crippen molar-refractivity contribution in [2.24, 2.45) is 0 Å². The van der Waals surface area contributed by atoms with Gasteiger partial charge in [0.15, 0.2) is 0 Å². The van der Waals surface area contributed by atoms with Crippen molar-refractivity contribution in [2.75, 3.05) is 6.61 Å². The summed E-state index contributed by atoms with van der Waals surface area (Å²) in [4.78, 5) is 0. The summed E-state index contributed by atoms with van der Waals surface area (Å²) in [5.41, 5.74) is 5.50. The molecule has 0 heterocycles. The van der Waals surface area contributed by atoms with Gasteiger partial charge in [0.05, 0.1) is 6.61 Å². The van der Waals surface area contributed by atoms with Gasteiger partial charge in [0.2, 0.25) is 0 Å². The molecule has 0 aliphatic heterocycles. The molecule has 1 rings (SSSR count). The molecule has 1 nitrogen and oxygen atoms in total. The van der Waals surface area contributed by atoms with Gasteiger partial charge in [-0.3, -0.25) is 0 Å². The van der Waals surface area contributed by atoms with Crippen molar-refractivity contribution in [3.05, 3.63) is 53.8 Å². The summed E-state index contributed by atoms with van der Waals surface area (Å²) in [5.74, 6) is 0. The zero-order valence-corrected chi connectivity index (χ0v) is 10.0. The Morgan fingerprint density at radius 1 is 1.31 bits per heavy atom. The van der Waals surface area contributed by atoms with Crippen molar-refractivity contribution in [3.63, 3.8) is 0 Å². The lowest BCUT2D eigenvalue weighted by molar-refractivity contribution is 0.118. The molecule has 0 unspecified atom stereocenters. The summed E-state index contributed by atoms with van der Waals surface area (Å²) in [6.45, 7) is 7.33. The average molecular weight is 216 g/mol. The van der Waals surface area contributed by atoms with E-state index in [0.717, 1.165) is 25.9 Å². The van der Waals surface area contributed by atoms with Crippen molar-refractivity contribution in [3.8, 4) is 0 Å². The summed E-state index contributed by atoms with van der Waals surface area (Å²) < 4.78 is 5.60. The minimum absolute atomic E-state index is 0.708. The van der Waals surface area contributed by atoms with Gasteiger partial charge in [-0.15, -0.1) is 5.73 Å². The Balaban J connectivity index is 2.11. The average Bonchev–Trinajstić information content (AvgIpc) is 2.35. The maximum atomic E-state index is 5.60. The molecule has 1 aromatic rings. The lowest BCUT2D eigenvalue weighted by Crippen LogP contribution is -1.96. The zero-order valence-electron chi connectivity index (χ0n) is 10.0. The predicted molar refractivity (Wildman–Crippen MR) is 68.3 cm³/mol. The van der Waals surface area contributed by atoms with Crippen LogP contribution in [0.5, 0.6) is 0 Å². The lowest BCUT2D eigenvalue weighted by Gasteiger charge is -2.04. The first-order valence-electron chi connectivity index (χ1n) is 5.86. The van der Waals surface area contributed by atoms with E-state index >= 15 is 0 Å². The van der Waals surface area contributed by atoms with Gasteiger partial charge in [0, 0.05) is 6.61 Å². The van der Waals surface area contributed by atoms with Crippen LogP contribution in [0.1, 0.15) is 31.7 Å². The molecule has 0 atom stereocenters. The van der Waals surface area contributed by atoms with Crippen molar-refractivity contribution >= 4 is 0 Å². The zero-order chi connectivity index (χ0) is 11.6. The van der Waals surface area contributed by atoms with E-state index in [0.29, 0.717) is 6.61 Å². The Morgan fingerprint density at radius 2 is 2.06 bits per heavy atom. The normalized spacial score (nSPS) is 9.81. The molecule has 0 aliphatic rings. The molecular formula is C15H20O. The first-order chi connectivity index (χ1) is 7.86. The van der Waals surface area contributed by atoms with E-state index in [-0.39, 0.29) is 0 Å². The maximum absolute atomic E-state index is 5.60. The molecule has 0 bridgehead atoms. The Bertz CT molecular complexity index is 334. The molecule has 0 saturated heterocycles. The van der Waals surface area contributed by atoms with Crippen LogP contribution in [0.3, 0.4) is 0 Å². The number of hydrogen-bond acceptors (Lipinski definition) is 1. The fourth-order valence-corrected chi connectivity index (χ4v) is 1.54.